The van der Waals surface area contributed by atoms with Crippen LogP contribution in [0.5, 0.6) is 0 Å². The smallest absolute Gasteiger partial charge is 0.127 e. The first-order valence-corrected chi connectivity index (χ1v) is 8.50. The molecule has 0 spiro atoms. The fourth-order valence-electron chi connectivity index (χ4n) is 2.71. The molecule has 0 bridgehead atoms. The van der Waals surface area contributed by atoms with Crippen molar-refractivity contribution >= 4 is 28.7 Å². The summed E-state index contributed by atoms with van der Waals surface area (Å²) in [5, 5.41) is 3.95. The second-order valence-electron chi connectivity index (χ2n) is 5.64. The van der Waals surface area contributed by atoms with Crippen LogP contribution < -0.4 is 10.2 Å². The van der Waals surface area contributed by atoms with Gasteiger partial charge in [-0.25, -0.2) is 4.39 Å². The molecule has 5 heteroatoms. The summed E-state index contributed by atoms with van der Waals surface area (Å²) < 4.78 is 14.1. The third-order valence-electron chi connectivity index (χ3n) is 3.85. The molecule has 3 rings (SSSR count). The molecule has 128 valence electrons. The SMILES string of the molecule is CCN(c1cccnc1)c1cc(F)cc(NCc2cccc(Cl)c2)c1. The molecule has 0 saturated carbocycles. The Balaban J connectivity index is 1.82. The number of aromatic nitrogens is 1. The minimum Gasteiger partial charge on any atom is -0.381 e. The lowest BCUT2D eigenvalue weighted by Crippen LogP contribution is -2.16. The molecule has 0 aliphatic carbocycles. The van der Waals surface area contributed by atoms with Gasteiger partial charge >= 0.3 is 0 Å². The van der Waals surface area contributed by atoms with Crippen LogP contribution in [-0.2, 0) is 6.54 Å². The van der Waals surface area contributed by atoms with Crippen molar-refractivity contribution in [2.45, 2.75) is 13.5 Å². The molecule has 2 aromatic carbocycles. The van der Waals surface area contributed by atoms with Gasteiger partial charge < -0.3 is 10.2 Å². The van der Waals surface area contributed by atoms with Crippen molar-refractivity contribution in [3.8, 4) is 0 Å². The van der Waals surface area contributed by atoms with Crippen LogP contribution in [0.3, 0.4) is 0 Å². The summed E-state index contributed by atoms with van der Waals surface area (Å²) in [4.78, 5) is 6.16. The molecular formula is C20H19ClFN3. The molecule has 25 heavy (non-hydrogen) atoms. The molecule has 0 atom stereocenters. The maximum absolute atomic E-state index is 14.1. The summed E-state index contributed by atoms with van der Waals surface area (Å²) in [5.41, 5.74) is 3.47. The number of rotatable bonds is 6. The van der Waals surface area contributed by atoms with Gasteiger partial charge in [0.15, 0.2) is 0 Å². The number of hydrogen-bond donors (Lipinski definition) is 1. The molecule has 1 N–H and O–H groups in total. The number of halogens is 2. The molecule has 0 unspecified atom stereocenters. The quantitative estimate of drug-likeness (QED) is 0.619. The number of pyridine rings is 1. The fraction of sp³-hybridized carbons (Fsp3) is 0.150. The topological polar surface area (TPSA) is 28.2 Å². The highest BCUT2D eigenvalue weighted by Gasteiger charge is 2.10. The maximum atomic E-state index is 14.1. The van der Waals surface area contributed by atoms with Crippen LogP contribution >= 0.6 is 11.6 Å². The van der Waals surface area contributed by atoms with Crippen molar-refractivity contribution in [1.82, 2.24) is 4.98 Å². The summed E-state index contributed by atoms with van der Waals surface area (Å²) in [6.07, 6.45) is 3.49. The summed E-state index contributed by atoms with van der Waals surface area (Å²) in [7, 11) is 0. The zero-order valence-corrected chi connectivity index (χ0v) is 14.7. The molecule has 3 nitrogen and oxygen atoms in total. The Kier molecular flexibility index (Phi) is 5.51. The molecule has 0 amide bonds. The number of anilines is 3. The third kappa shape index (κ3) is 4.48. The third-order valence-corrected chi connectivity index (χ3v) is 4.09. The van der Waals surface area contributed by atoms with Crippen LogP contribution in [0.1, 0.15) is 12.5 Å². The minimum atomic E-state index is -0.284. The predicted molar refractivity (Wildman–Crippen MR) is 102 cm³/mol. The van der Waals surface area contributed by atoms with E-state index < -0.39 is 0 Å². The van der Waals surface area contributed by atoms with Gasteiger partial charge in [-0.2, -0.15) is 0 Å². The maximum Gasteiger partial charge on any atom is 0.127 e. The van der Waals surface area contributed by atoms with Gasteiger partial charge in [0.25, 0.3) is 0 Å². The van der Waals surface area contributed by atoms with Gasteiger partial charge in [-0.05, 0) is 55.0 Å². The van der Waals surface area contributed by atoms with E-state index in [9.17, 15) is 4.39 Å². The van der Waals surface area contributed by atoms with E-state index in [1.54, 1.807) is 12.4 Å². The van der Waals surface area contributed by atoms with E-state index in [-0.39, 0.29) is 5.82 Å². The van der Waals surface area contributed by atoms with E-state index in [2.05, 4.69) is 10.3 Å². The molecule has 0 aliphatic rings. The molecule has 0 radical (unpaired) electrons. The lowest BCUT2D eigenvalue weighted by Gasteiger charge is -2.23. The van der Waals surface area contributed by atoms with Gasteiger partial charge in [0, 0.05) is 35.7 Å². The van der Waals surface area contributed by atoms with E-state index in [4.69, 9.17) is 11.6 Å². The number of hydrogen-bond acceptors (Lipinski definition) is 3. The second-order valence-corrected chi connectivity index (χ2v) is 6.07. The van der Waals surface area contributed by atoms with Crippen LogP contribution in [-0.4, -0.2) is 11.5 Å². The first-order chi connectivity index (χ1) is 12.2. The first kappa shape index (κ1) is 17.2. The average Bonchev–Trinajstić information content (AvgIpc) is 2.61. The molecule has 0 saturated heterocycles. The highest BCUT2D eigenvalue weighted by Crippen LogP contribution is 2.28. The van der Waals surface area contributed by atoms with E-state index in [1.807, 2.05) is 54.3 Å². The van der Waals surface area contributed by atoms with E-state index in [0.717, 1.165) is 22.6 Å². The lowest BCUT2D eigenvalue weighted by molar-refractivity contribution is 0.628. The Bertz CT molecular complexity index is 839. The van der Waals surface area contributed by atoms with Gasteiger partial charge in [-0.3, -0.25) is 4.98 Å². The first-order valence-electron chi connectivity index (χ1n) is 8.12. The summed E-state index contributed by atoms with van der Waals surface area (Å²) in [5.74, 6) is -0.284. The van der Waals surface area contributed by atoms with Crippen LogP contribution in [0.2, 0.25) is 5.02 Å². The van der Waals surface area contributed by atoms with Gasteiger partial charge in [0.05, 0.1) is 11.9 Å². The van der Waals surface area contributed by atoms with E-state index in [1.165, 1.54) is 12.1 Å². The van der Waals surface area contributed by atoms with Crippen molar-refractivity contribution in [2.24, 2.45) is 0 Å². The highest BCUT2D eigenvalue weighted by atomic mass is 35.5. The Morgan fingerprint density at radius 2 is 1.96 bits per heavy atom. The monoisotopic (exact) mass is 355 g/mol. The van der Waals surface area contributed by atoms with Gasteiger partial charge in [0.1, 0.15) is 5.82 Å². The highest BCUT2D eigenvalue weighted by molar-refractivity contribution is 6.30. The van der Waals surface area contributed by atoms with Gasteiger partial charge in [-0.15, -0.1) is 0 Å². The van der Waals surface area contributed by atoms with Crippen LogP contribution in [0.4, 0.5) is 21.5 Å². The van der Waals surface area contributed by atoms with Crippen LogP contribution in [0.15, 0.2) is 67.0 Å². The van der Waals surface area contributed by atoms with Crippen molar-refractivity contribution in [3.05, 3.63) is 83.4 Å². The van der Waals surface area contributed by atoms with E-state index in [0.29, 0.717) is 18.1 Å². The molecule has 0 aliphatic heterocycles. The number of nitrogens with one attached hydrogen (secondary N) is 1. The number of nitrogens with zero attached hydrogens (tertiary/aromatic N) is 2. The molecule has 0 fully saturated rings. The Morgan fingerprint density at radius 3 is 2.68 bits per heavy atom. The van der Waals surface area contributed by atoms with Crippen molar-refractivity contribution < 1.29 is 4.39 Å². The number of benzene rings is 2. The summed E-state index contributed by atoms with van der Waals surface area (Å²) >= 11 is 6.00. The molecular weight excluding hydrogens is 337 g/mol. The van der Waals surface area contributed by atoms with Crippen molar-refractivity contribution in [3.63, 3.8) is 0 Å². The van der Waals surface area contributed by atoms with E-state index >= 15 is 0 Å². The normalized spacial score (nSPS) is 10.5. The predicted octanol–water partition coefficient (Wildman–Crippen LogP) is 5.64. The van der Waals surface area contributed by atoms with Crippen LogP contribution in [0.25, 0.3) is 0 Å². The average molecular weight is 356 g/mol. The Labute approximate surface area is 152 Å². The summed E-state index contributed by atoms with van der Waals surface area (Å²) in [6.45, 7) is 3.31. The van der Waals surface area contributed by atoms with Crippen LogP contribution in [0, 0.1) is 5.82 Å². The van der Waals surface area contributed by atoms with Crippen molar-refractivity contribution in [2.75, 3.05) is 16.8 Å². The standard InChI is InChI=1S/C20H19ClFN3/c1-2-25(19-7-4-8-23-14-19)20-11-17(22)10-18(12-20)24-13-15-5-3-6-16(21)9-15/h3-12,14,24H,2,13H2,1H3. The van der Waals surface area contributed by atoms with Gasteiger partial charge in [-0.1, -0.05) is 23.7 Å². The Morgan fingerprint density at radius 1 is 1.08 bits per heavy atom. The molecule has 1 aromatic heterocycles. The zero-order valence-electron chi connectivity index (χ0n) is 13.9. The molecule has 1 heterocycles. The summed E-state index contributed by atoms with van der Waals surface area (Å²) in [6, 6.07) is 16.4. The zero-order chi connectivity index (χ0) is 17.6. The van der Waals surface area contributed by atoms with Gasteiger partial charge in [0.2, 0.25) is 0 Å². The lowest BCUT2D eigenvalue weighted by atomic mass is 10.2. The minimum absolute atomic E-state index is 0.284. The second kappa shape index (κ2) is 7.99. The largest absolute Gasteiger partial charge is 0.381 e. The van der Waals surface area contributed by atoms with Crippen molar-refractivity contribution in [1.29, 1.82) is 0 Å². The fourth-order valence-corrected chi connectivity index (χ4v) is 2.92. The molecule has 3 aromatic rings. The Hall–Kier alpha value is -2.59.